The summed E-state index contributed by atoms with van der Waals surface area (Å²) in [5.41, 5.74) is 5.51. The van der Waals surface area contributed by atoms with Gasteiger partial charge in [0.05, 0.1) is 24.7 Å². The Morgan fingerprint density at radius 3 is 2.35 bits per heavy atom. The van der Waals surface area contributed by atoms with Crippen molar-refractivity contribution in [2.45, 2.75) is 39.7 Å². The van der Waals surface area contributed by atoms with Gasteiger partial charge in [-0.15, -0.1) is 0 Å². The normalized spacial score (nSPS) is 11.7. The Hall–Kier alpha value is -4.31. The van der Waals surface area contributed by atoms with Gasteiger partial charge in [-0.1, -0.05) is 62.3 Å². The number of sulfonamides is 1. The van der Waals surface area contributed by atoms with Crippen LogP contribution in [-0.4, -0.2) is 32.8 Å². The summed E-state index contributed by atoms with van der Waals surface area (Å²) in [6.45, 7) is 8.46. The van der Waals surface area contributed by atoms with Crippen molar-refractivity contribution in [3.63, 3.8) is 0 Å². The second-order valence-corrected chi connectivity index (χ2v) is 12.4. The van der Waals surface area contributed by atoms with E-state index < -0.39 is 10.0 Å². The molecule has 0 saturated heterocycles. The average molecular weight is 563 g/mol. The Bertz CT molecular complexity index is 1620. The highest BCUT2D eigenvalue weighted by Gasteiger charge is 2.22. The Kier molecular flexibility index (Phi) is 8.20. The number of nitrogens with zero attached hydrogens (tertiary/aromatic N) is 1. The Balaban J connectivity index is 1.63. The molecule has 1 heterocycles. The zero-order valence-corrected chi connectivity index (χ0v) is 24.3. The van der Waals surface area contributed by atoms with Crippen LogP contribution < -0.4 is 20.1 Å². The molecule has 0 aliphatic heterocycles. The van der Waals surface area contributed by atoms with Gasteiger partial charge in [0.1, 0.15) is 5.69 Å². The minimum absolute atomic E-state index is 0.111. The predicted molar refractivity (Wildman–Crippen MR) is 158 cm³/mol. The van der Waals surface area contributed by atoms with E-state index in [0.717, 1.165) is 28.5 Å². The fourth-order valence-electron chi connectivity index (χ4n) is 4.16. The molecule has 0 bridgehead atoms. The van der Waals surface area contributed by atoms with E-state index >= 15 is 0 Å². The van der Waals surface area contributed by atoms with Gasteiger partial charge in [0.2, 0.25) is 15.8 Å². The molecule has 0 spiro atoms. The minimum Gasteiger partial charge on any atom is -0.492 e. The highest BCUT2D eigenvalue weighted by Crippen LogP contribution is 2.41. The molecule has 0 aliphatic rings. The van der Waals surface area contributed by atoms with Gasteiger partial charge in [0.25, 0.3) is 5.91 Å². The van der Waals surface area contributed by atoms with Gasteiger partial charge in [-0.3, -0.25) is 9.52 Å². The van der Waals surface area contributed by atoms with Crippen LogP contribution in [0.2, 0.25) is 0 Å². The summed E-state index contributed by atoms with van der Waals surface area (Å²) in [6.07, 6.45) is 1.10. The molecule has 0 fully saturated rings. The number of aryl methyl sites for hydroxylation is 1. The third-order valence-corrected chi connectivity index (χ3v) is 6.87. The molecule has 0 atom stereocenters. The first-order valence-electron chi connectivity index (χ1n) is 12.7. The molecule has 0 radical (unpaired) electrons. The lowest BCUT2D eigenvalue weighted by molar-refractivity contribution is 0.0914. The van der Waals surface area contributed by atoms with Crippen molar-refractivity contribution in [1.29, 1.82) is 0 Å². The van der Waals surface area contributed by atoms with Crippen LogP contribution in [-0.2, 0) is 22.0 Å². The number of benzene rings is 3. The van der Waals surface area contributed by atoms with E-state index in [-0.39, 0.29) is 17.1 Å². The number of methoxy groups -OCH3 is 1. The summed E-state index contributed by atoms with van der Waals surface area (Å²) < 4.78 is 37.7. The van der Waals surface area contributed by atoms with Gasteiger partial charge in [-0.25, -0.2) is 8.42 Å². The maximum Gasteiger partial charge on any atom is 0.290 e. The van der Waals surface area contributed by atoms with E-state index in [1.54, 1.807) is 12.1 Å². The van der Waals surface area contributed by atoms with Crippen LogP contribution in [0.3, 0.4) is 0 Å². The van der Waals surface area contributed by atoms with E-state index in [4.69, 9.17) is 9.26 Å². The fourth-order valence-corrected chi connectivity index (χ4v) is 4.71. The fraction of sp³-hybridized carbons (Fsp3) is 0.267. The van der Waals surface area contributed by atoms with Gasteiger partial charge in [-0.05, 0) is 53.3 Å². The van der Waals surface area contributed by atoms with Crippen LogP contribution in [0.25, 0.3) is 11.3 Å². The first kappa shape index (κ1) is 28.7. The lowest BCUT2D eigenvalue weighted by Crippen LogP contribution is -2.22. The van der Waals surface area contributed by atoms with E-state index in [1.807, 2.05) is 82.3 Å². The standard InChI is InChI=1S/C30H34N4O5S/c1-19-12-13-22(32-25-14-21(30(2,3)4)15-26(28(25)38-5)34-40(6,36)37)16-23(19)24-17-27(39-33-24)29(35)31-18-20-10-8-7-9-11-20/h7-17,32,34H,18H2,1-6H3,(H,31,35). The van der Waals surface area contributed by atoms with Crippen LogP contribution in [0.1, 0.15) is 48.0 Å². The summed E-state index contributed by atoms with van der Waals surface area (Å²) in [7, 11) is -2.05. The van der Waals surface area contributed by atoms with E-state index in [2.05, 4.69) is 20.5 Å². The van der Waals surface area contributed by atoms with Crippen molar-refractivity contribution in [2.75, 3.05) is 23.4 Å². The molecule has 210 valence electrons. The second kappa shape index (κ2) is 11.4. The zero-order valence-electron chi connectivity index (χ0n) is 23.5. The molecule has 1 amide bonds. The van der Waals surface area contributed by atoms with Crippen molar-refractivity contribution in [3.8, 4) is 17.0 Å². The number of carbonyl (C=O) groups excluding carboxylic acids is 1. The van der Waals surface area contributed by atoms with Crippen molar-refractivity contribution in [1.82, 2.24) is 10.5 Å². The number of carbonyl (C=O) groups is 1. The van der Waals surface area contributed by atoms with E-state index in [1.165, 1.54) is 7.11 Å². The van der Waals surface area contributed by atoms with Crippen molar-refractivity contribution in [3.05, 3.63) is 89.2 Å². The van der Waals surface area contributed by atoms with Gasteiger partial charge >= 0.3 is 0 Å². The van der Waals surface area contributed by atoms with Crippen molar-refractivity contribution < 1.29 is 22.5 Å². The summed E-state index contributed by atoms with van der Waals surface area (Å²) in [5, 5.41) is 10.4. The first-order valence-corrected chi connectivity index (χ1v) is 14.6. The van der Waals surface area contributed by atoms with Crippen LogP contribution in [0.4, 0.5) is 17.1 Å². The molecule has 0 aliphatic carbocycles. The molecule has 0 saturated carbocycles. The number of amides is 1. The maximum atomic E-state index is 12.7. The smallest absolute Gasteiger partial charge is 0.290 e. The number of hydrogen-bond acceptors (Lipinski definition) is 7. The molecule has 40 heavy (non-hydrogen) atoms. The summed E-state index contributed by atoms with van der Waals surface area (Å²) in [4.78, 5) is 12.7. The molecule has 10 heteroatoms. The molecule has 4 aromatic rings. The lowest BCUT2D eigenvalue weighted by Gasteiger charge is -2.24. The molecular formula is C30H34N4O5S. The molecule has 0 unspecified atom stereocenters. The molecule has 9 nitrogen and oxygen atoms in total. The number of nitrogens with one attached hydrogen (secondary N) is 3. The number of hydrogen-bond donors (Lipinski definition) is 3. The average Bonchev–Trinajstić information content (AvgIpc) is 3.38. The van der Waals surface area contributed by atoms with Gasteiger partial charge in [0, 0.05) is 23.9 Å². The zero-order chi connectivity index (χ0) is 29.1. The highest BCUT2D eigenvalue weighted by molar-refractivity contribution is 7.92. The van der Waals surface area contributed by atoms with Crippen LogP contribution in [0.5, 0.6) is 5.75 Å². The number of ether oxygens (including phenoxy) is 1. The third kappa shape index (κ3) is 7.01. The number of anilines is 3. The Morgan fingerprint density at radius 2 is 1.70 bits per heavy atom. The first-order chi connectivity index (χ1) is 18.8. The summed E-state index contributed by atoms with van der Waals surface area (Å²) >= 11 is 0. The second-order valence-electron chi connectivity index (χ2n) is 10.6. The Morgan fingerprint density at radius 1 is 1.00 bits per heavy atom. The molecular weight excluding hydrogens is 528 g/mol. The maximum absolute atomic E-state index is 12.7. The quantitative estimate of drug-likeness (QED) is 0.229. The predicted octanol–water partition coefficient (Wildman–Crippen LogP) is 6.00. The largest absolute Gasteiger partial charge is 0.492 e. The van der Waals surface area contributed by atoms with Gasteiger partial charge in [0.15, 0.2) is 5.75 Å². The van der Waals surface area contributed by atoms with E-state index in [0.29, 0.717) is 35.1 Å². The van der Waals surface area contributed by atoms with Crippen LogP contribution in [0.15, 0.2) is 71.3 Å². The number of aromatic nitrogens is 1. The topological polar surface area (TPSA) is 123 Å². The van der Waals surface area contributed by atoms with Crippen LogP contribution in [0, 0.1) is 6.92 Å². The minimum atomic E-state index is -3.54. The summed E-state index contributed by atoms with van der Waals surface area (Å²) in [6, 6.07) is 20.7. The van der Waals surface area contributed by atoms with Gasteiger partial charge in [-0.2, -0.15) is 0 Å². The van der Waals surface area contributed by atoms with Crippen LogP contribution >= 0.6 is 0 Å². The molecule has 1 aromatic heterocycles. The number of rotatable bonds is 9. The molecule has 3 N–H and O–H groups in total. The van der Waals surface area contributed by atoms with Crippen molar-refractivity contribution >= 4 is 33.0 Å². The molecule has 4 rings (SSSR count). The monoisotopic (exact) mass is 562 g/mol. The Labute approximate surface area is 235 Å². The van der Waals surface area contributed by atoms with Gasteiger partial charge < -0.3 is 19.9 Å². The summed E-state index contributed by atoms with van der Waals surface area (Å²) in [5.74, 6) is 0.114. The molecule has 3 aromatic carbocycles. The van der Waals surface area contributed by atoms with Crippen molar-refractivity contribution in [2.24, 2.45) is 0 Å². The third-order valence-electron chi connectivity index (χ3n) is 6.28. The SMILES string of the molecule is COc1c(Nc2ccc(C)c(-c3cc(C(=O)NCc4ccccc4)on3)c2)cc(C(C)(C)C)cc1NS(C)(=O)=O. The highest BCUT2D eigenvalue weighted by atomic mass is 32.2. The lowest BCUT2D eigenvalue weighted by atomic mass is 9.86. The van der Waals surface area contributed by atoms with E-state index in [9.17, 15) is 13.2 Å².